The molecule has 0 amide bonds. The third-order valence-electron chi connectivity index (χ3n) is 11.3. The molecule has 1 aromatic heterocycles. The highest BCUT2D eigenvalue weighted by molar-refractivity contribution is 7.99. The first-order valence-corrected chi connectivity index (χ1v) is 25.7. The van der Waals surface area contributed by atoms with Crippen molar-refractivity contribution in [2.75, 3.05) is 64.6 Å². The predicted octanol–water partition coefficient (Wildman–Crippen LogP) is 9.69. The molecule has 1 aliphatic rings. The minimum Gasteiger partial charge on any atom is -0.478 e. The monoisotopic (exact) mass is 959 g/mol. The zero-order chi connectivity index (χ0) is 46.6. The number of rotatable bonds is 17. The van der Waals surface area contributed by atoms with E-state index < -0.39 is 31.6 Å². The molecular weight excluding hydrogens is 909 g/mol. The van der Waals surface area contributed by atoms with Gasteiger partial charge in [-0.15, -0.1) is 11.8 Å². The Morgan fingerprint density at radius 2 is 1.48 bits per heavy atom. The Morgan fingerprint density at radius 1 is 0.831 bits per heavy atom. The molecule has 1 atom stereocenters. The van der Waals surface area contributed by atoms with E-state index in [0.717, 1.165) is 28.5 Å². The molecule has 0 radical (unpaired) electrons. The first-order chi connectivity index (χ1) is 30.9. The van der Waals surface area contributed by atoms with Crippen molar-refractivity contribution in [3.63, 3.8) is 0 Å². The molecule has 7 rings (SSSR count). The number of hydrogen-bond donors (Lipinski definition) is 4. The van der Waals surface area contributed by atoms with Crippen molar-refractivity contribution >= 4 is 71.9 Å². The molecule has 4 N–H and O–H groups in total. The van der Waals surface area contributed by atoms with Gasteiger partial charge in [0.1, 0.15) is 5.82 Å². The SMILES string of the molecule is Cc1c(C(=O)O)c(-c2cc(F)cc(N3CCN(c4ccc(NS(=O)(=O)c5ccc(N[C@H](CCO)CSc6ccccc6)c(S(C)(=O)=O)c5)cc4)CC3)c2)c(-c2ccc(Cl)cc2)n1C(C)C. The number of aliphatic hydroxyl groups is 1. The number of anilines is 4. The molecule has 65 heavy (non-hydrogen) atoms. The maximum absolute atomic E-state index is 15.6. The van der Waals surface area contributed by atoms with Crippen molar-refractivity contribution in [3.8, 4) is 22.4 Å². The number of sulfone groups is 1. The number of carbonyl (C=O) groups is 1. The van der Waals surface area contributed by atoms with Crippen LogP contribution < -0.4 is 19.8 Å². The summed E-state index contributed by atoms with van der Waals surface area (Å²) in [6.07, 6.45) is 1.37. The summed E-state index contributed by atoms with van der Waals surface area (Å²) in [5.41, 5.74) is 4.96. The quantitative estimate of drug-likeness (QED) is 0.0645. The maximum atomic E-state index is 15.6. The fraction of sp³-hybridized carbons (Fsp3) is 0.271. The van der Waals surface area contributed by atoms with Gasteiger partial charge >= 0.3 is 5.97 Å². The third-order valence-corrected chi connectivity index (χ3v) is 15.2. The Labute approximate surface area is 389 Å². The van der Waals surface area contributed by atoms with Crippen LogP contribution in [0.15, 0.2) is 130 Å². The molecule has 1 fully saturated rings. The second kappa shape index (κ2) is 19.9. The van der Waals surface area contributed by atoms with Crippen molar-refractivity contribution < 1.29 is 36.2 Å². The van der Waals surface area contributed by atoms with E-state index in [0.29, 0.717) is 71.6 Å². The first-order valence-electron chi connectivity index (χ1n) is 21.0. The molecule has 2 heterocycles. The molecule has 0 aliphatic carbocycles. The Morgan fingerprint density at radius 3 is 2.08 bits per heavy atom. The predicted molar refractivity (Wildman–Crippen MR) is 260 cm³/mol. The first kappa shape index (κ1) is 47.4. The van der Waals surface area contributed by atoms with Gasteiger partial charge < -0.3 is 29.9 Å². The van der Waals surface area contributed by atoms with E-state index in [1.165, 1.54) is 24.3 Å². The Hall–Kier alpha value is -5.52. The van der Waals surface area contributed by atoms with Crippen molar-refractivity contribution in [2.45, 2.75) is 54.0 Å². The number of benzene rings is 5. The Bertz CT molecular complexity index is 2890. The lowest BCUT2D eigenvalue weighted by Crippen LogP contribution is -2.46. The van der Waals surface area contributed by atoms with Crippen LogP contribution in [0.2, 0.25) is 5.02 Å². The third kappa shape index (κ3) is 11.0. The highest BCUT2D eigenvalue weighted by Gasteiger charge is 2.30. The van der Waals surface area contributed by atoms with Crippen molar-refractivity contribution in [2.24, 2.45) is 0 Å². The van der Waals surface area contributed by atoms with E-state index >= 15 is 4.39 Å². The lowest BCUT2D eigenvalue weighted by atomic mass is 9.96. The van der Waals surface area contributed by atoms with Gasteiger partial charge in [0.15, 0.2) is 9.84 Å². The summed E-state index contributed by atoms with van der Waals surface area (Å²) in [5, 5.41) is 24.0. The molecule has 342 valence electrons. The molecule has 0 spiro atoms. The summed E-state index contributed by atoms with van der Waals surface area (Å²) in [6, 6.07) is 31.9. The minimum absolute atomic E-state index is 0.0920. The summed E-state index contributed by atoms with van der Waals surface area (Å²) in [5.74, 6) is -1.06. The van der Waals surface area contributed by atoms with Crippen LogP contribution in [-0.2, 0) is 19.9 Å². The van der Waals surface area contributed by atoms with E-state index in [2.05, 4.69) is 19.8 Å². The highest BCUT2D eigenvalue weighted by Crippen LogP contribution is 2.43. The number of aliphatic hydroxyl groups excluding tert-OH is 1. The summed E-state index contributed by atoms with van der Waals surface area (Å²) in [6.45, 7) is 7.79. The van der Waals surface area contributed by atoms with E-state index in [4.69, 9.17) is 11.6 Å². The standard InChI is InChI=1S/C48H51ClFN5O7S3/c1-31(2)55-32(3)45(48(57)58)46(47(55)33-10-12-35(49)13-11-33)34-26-36(50)28-40(27-34)54-23-21-53(22-24-54)39-16-14-37(15-17-39)52-65(61,62)42-18-19-43(44(29-42)64(4,59)60)51-38(20-25-56)30-63-41-8-6-5-7-9-41/h5-19,26-29,31,38,51-52,56H,20-25,30H2,1-4H3,(H,57,58)/t38-/m1/s1. The average molecular weight is 961 g/mol. The molecule has 17 heteroatoms. The normalized spacial score (nSPS) is 13.8. The van der Waals surface area contributed by atoms with Crippen molar-refractivity contribution in [3.05, 3.63) is 137 Å². The van der Waals surface area contributed by atoms with Crippen LogP contribution in [0.25, 0.3) is 22.4 Å². The van der Waals surface area contributed by atoms with Crippen LogP contribution in [0.4, 0.5) is 27.1 Å². The number of aromatic carboxylic acids is 1. The fourth-order valence-electron chi connectivity index (χ4n) is 8.25. The second-order valence-electron chi connectivity index (χ2n) is 16.2. The molecule has 0 bridgehead atoms. The summed E-state index contributed by atoms with van der Waals surface area (Å²) < 4.78 is 73.3. The summed E-state index contributed by atoms with van der Waals surface area (Å²) in [4.78, 5) is 17.6. The Balaban J connectivity index is 1.05. The number of thioether (sulfide) groups is 1. The minimum atomic E-state index is -4.21. The van der Waals surface area contributed by atoms with E-state index in [9.17, 15) is 31.8 Å². The zero-order valence-corrected chi connectivity index (χ0v) is 39.5. The number of sulfonamides is 1. The van der Waals surface area contributed by atoms with Crippen LogP contribution >= 0.6 is 23.4 Å². The lowest BCUT2D eigenvalue weighted by Gasteiger charge is -2.37. The van der Waals surface area contributed by atoms with Crippen LogP contribution in [0, 0.1) is 12.7 Å². The maximum Gasteiger partial charge on any atom is 0.338 e. The van der Waals surface area contributed by atoms with Crippen LogP contribution in [-0.4, -0.2) is 88.4 Å². The van der Waals surface area contributed by atoms with Gasteiger partial charge in [-0.3, -0.25) is 4.72 Å². The van der Waals surface area contributed by atoms with E-state index in [1.54, 1.807) is 55.1 Å². The van der Waals surface area contributed by atoms with Crippen LogP contribution in [0.5, 0.6) is 0 Å². The molecule has 0 saturated carbocycles. The van der Waals surface area contributed by atoms with Gasteiger partial charge in [-0.1, -0.05) is 41.9 Å². The number of nitrogens with one attached hydrogen (secondary N) is 2. The molecule has 12 nitrogen and oxygen atoms in total. The molecular formula is C48H51ClFN5O7S3. The fourth-order valence-corrected chi connectivity index (χ4v) is 11.4. The lowest BCUT2D eigenvalue weighted by molar-refractivity contribution is 0.0696. The summed E-state index contributed by atoms with van der Waals surface area (Å²) in [7, 11) is -8.08. The van der Waals surface area contributed by atoms with Crippen LogP contribution in [0.3, 0.4) is 0 Å². The zero-order valence-electron chi connectivity index (χ0n) is 36.3. The molecule has 6 aromatic rings. The van der Waals surface area contributed by atoms with Gasteiger partial charge in [0.25, 0.3) is 10.0 Å². The Kier molecular flexibility index (Phi) is 14.5. The van der Waals surface area contributed by atoms with E-state index in [1.807, 2.05) is 66.9 Å². The largest absolute Gasteiger partial charge is 0.478 e. The second-order valence-corrected chi connectivity index (χ2v) is 21.4. The van der Waals surface area contributed by atoms with Gasteiger partial charge in [0, 0.05) is 95.1 Å². The van der Waals surface area contributed by atoms with Gasteiger partial charge in [0.05, 0.1) is 26.7 Å². The summed E-state index contributed by atoms with van der Waals surface area (Å²) >= 11 is 7.78. The number of piperazine rings is 1. The van der Waals surface area contributed by atoms with Crippen molar-refractivity contribution in [1.82, 2.24) is 4.57 Å². The average Bonchev–Trinajstić information content (AvgIpc) is 3.59. The highest BCUT2D eigenvalue weighted by atomic mass is 35.5. The number of halogens is 2. The van der Waals surface area contributed by atoms with Crippen molar-refractivity contribution in [1.29, 1.82) is 0 Å². The van der Waals surface area contributed by atoms with Gasteiger partial charge in [-0.05, 0) is 123 Å². The van der Waals surface area contributed by atoms with E-state index in [-0.39, 0.29) is 45.4 Å². The van der Waals surface area contributed by atoms with Gasteiger partial charge in [-0.2, -0.15) is 0 Å². The number of nitrogens with zero attached hydrogens (tertiary/aromatic N) is 3. The number of hydrogen-bond acceptors (Lipinski definition) is 10. The topological polar surface area (TPSA) is 161 Å². The smallest absolute Gasteiger partial charge is 0.338 e. The molecule has 5 aromatic carbocycles. The number of aromatic nitrogens is 1. The van der Waals surface area contributed by atoms with Crippen LogP contribution in [0.1, 0.15) is 42.4 Å². The molecule has 0 unspecified atom stereocenters. The number of carboxylic acids is 1. The van der Waals surface area contributed by atoms with Gasteiger partial charge in [-0.25, -0.2) is 26.0 Å². The molecule has 1 aliphatic heterocycles. The number of carboxylic acid groups (broad SMARTS) is 1. The molecule has 1 saturated heterocycles. The van der Waals surface area contributed by atoms with Gasteiger partial charge in [0.2, 0.25) is 0 Å².